The molecule has 0 N–H and O–H groups in total. The van der Waals surface area contributed by atoms with Crippen LogP contribution in [0, 0.1) is 19.8 Å². The van der Waals surface area contributed by atoms with E-state index >= 15 is 0 Å². The molecule has 0 amide bonds. The second kappa shape index (κ2) is 7.91. The largest absolute Gasteiger partial charge is 0.376 e. The summed E-state index contributed by atoms with van der Waals surface area (Å²) in [5, 5.41) is 0. The molecule has 26 heavy (non-hydrogen) atoms. The number of piperidine rings is 1. The van der Waals surface area contributed by atoms with Crippen LogP contribution in [-0.2, 0) is 14.8 Å². The van der Waals surface area contributed by atoms with Crippen molar-refractivity contribution < 1.29 is 13.2 Å². The van der Waals surface area contributed by atoms with Gasteiger partial charge >= 0.3 is 0 Å². The quantitative estimate of drug-likeness (QED) is 0.793. The minimum absolute atomic E-state index is 0.0159. The highest BCUT2D eigenvalue weighted by molar-refractivity contribution is 7.89. The van der Waals surface area contributed by atoms with Crippen LogP contribution < -0.4 is 0 Å². The van der Waals surface area contributed by atoms with Gasteiger partial charge in [-0.2, -0.15) is 4.31 Å². The molecule has 1 aliphatic rings. The minimum Gasteiger partial charge on any atom is -0.376 e. The van der Waals surface area contributed by atoms with Crippen molar-refractivity contribution in [1.29, 1.82) is 0 Å². The van der Waals surface area contributed by atoms with Crippen LogP contribution in [0.15, 0.2) is 53.4 Å². The van der Waals surface area contributed by atoms with Crippen molar-refractivity contribution in [1.82, 2.24) is 4.31 Å². The number of hydrogen-bond acceptors (Lipinski definition) is 3. The lowest BCUT2D eigenvalue weighted by Gasteiger charge is -2.35. The van der Waals surface area contributed by atoms with Crippen LogP contribution in [0.25, 0.3) is 0 Å². The maximum Gasteiger partial charge on any atom is 0.243 e. The lowest BCUT2D eigenvalue weighted by atomic mass is 9.88. The fraction of sp³-hybridized carbons (Fsp3) is 0.429. The molecule has 0 aromatic heterocycles. The third-order valence-electron chi connectivity index (χ3n) is 5.26. The molecule has 1 aliphatic heterocycles. The van der Waals surface area contributed by atoms with Crippen molar-refractivity contribution in [3.05, 3.63) is 65.2 Å². The third kappa shape index (κ3) is 3.85. The summed E-state index contributed by atoms with van der Waals surface area (Å²) < 4.78 is 33.4. The smallest absolute Gasteiger partial charge is 0.243 e. The molecular formula is C21H27NO3S. The van der Waals surface area contributed by atoms with E-state index in [9.17, 15) is 8.42 Å². The monoisotopic (exact) mass is 373 g/mol. The Kier molecular flexibility index (Phi) is 5.80. The van der Waals surface area contributed by atoms with Gasteiger partial charge in [-0.05, 0) is 49.8 Å². The highest BCUT2D eigenvalue weighted by atomic mass is 32.2. The molecular weight excluding hydrogens is 346 g/mol. The molecule has 1 atom stereocenters. The van der Waals surface area contributed by atoms with E-state index in [0.29, 0.717) is 23.9 Å². The Morgan fingerprint density at radius 2 is 1.69 bits per heavy atom. The number of hydrogen-bond donors (Lipinski definition) is 0. The summed E-state index contributed by atoms with van der Waals surface area (Å²) in [4.78, 5) is 0.424. The van der Waals surface area contributed by atoms with Crippen molar-refractivity contribution in [3.8, 4) is 0 Å². The molecule has 0 spiro atoms. The van der Waals surface area contributed by atoms with Gasteiger partial charge in [0.2, 0.25) is 10.0 Å². The molecule has 1 unspecified atom stereocenters. The van der Waals surface area contributed by atoms with Crippen molar-refractivity contribution in [2.75, 3.05) is 20.2 Å². The maximum atomic E-state index is 13.0. The van der Waals surface area contributed by atoms with Crippen LogP contribution in [0.1, 0.15) is 35.6 Å². The average molecular weight is 374 g/mol. The SMILES string of the molecule is COC(c1ccccc1)C1CCN(S(=O)(=O)c2ccc(C)cc2C)CC1. The van der Waals surface area contributed by atoms with Crippen LogP contribution in [-0.4, -0.2) is 32.9 Å². The Balaban J connectivity index is 1.73. The van der Waals surface area contributed by atoms with Crippen molar-refractivity contribution >= 4 is 10.0 Å². The highest BCUT2D eigenvalue weighted by Crippen LogP contribution is 2.35. The molecule has 0 saturated carbocycles. The van der Waals surface area contributed by atoms with Crippen LogP contribution in [0.2, 0.25) is 0 Å². The Hall–Kier alpha value is -1.69. The van der Waals surface area contributed by atoms with Crippen molar-refractivity contribution in [2.45, 2.75) is 37.7 Å². The first-order valence-corrected chi connectivity index (χ1v) is 10.5. The third-order valence-corrected chi connectivity index (χ3v) is 7.32. The Bertz CT molecular complexity index is 841. The van der Waals surface area contributed by atoms with Gasteiger partial charge in [0.25, 0.3) is 0 Å². The van der Waals surface area contributed by atoms with E-state index in [2.05, 4.69) is 12.1 Å². The number of aryl methyl sites for hydroxylation is 2. The molecule has 5 heteroatoms. The fourth-order valence-corrected chi connectivity index (χ4v) is 5.57. The fourth-order valence-electron chi connectivity index (χ4n) is 3.89. The number of sulfonamides is 1. The van der Waals surface area contributed by atoms with Crippen LogP contribution >= 0.6 is 0 Å². The van der Waals surface area contributed by atoms with Crippen molar-refractivity contribution in [3.63, 3.8) is 0 Å². The van der Waals surface area contributed by atoms with E-state index in [0.717, 1.165) is 29.5 Å². The molecule has 2 aromatic rings. The van der Waals surface area contributed by atoms with Gasteiger partial charge in [-0.3, -0.25) is 0 Å². The zero-order chi connectivity index (χ0) is 18.7. The second-order valence-electron chi connectivity index (χ2n) is 7.08. The summed E-state index contributed by atoms with van der Waals surface area (Å²) in [5.41, 5.74) is 3.04. The van der Waals surface area contributed by atoms with E-state index in [1.807, 2.05) is 44.2 Å². The molecule has 1 saturated heterocycles. The van der Waals surface area contributed by atoms with Gasteiger partial charge in [-0.25, -0.2) is 8.42 Å². The molecule has 3 rings (SSSR count). The molecule has 4 nitrogen and oxygen atoms in total. The summed E-state index contributed by atoms with van der Waals surface area (Å²) in [5.74, 6) is 0.327. The molecule has 1 fully saturated rings. The summed E-state index contributed by atoms with van der Waals surface area (Å²) >= 11 is 0. The van der Waals surface area contributed by atoms with Gasteiger partial charge < -0.3 is 4.74 Å². The van der Waals surface area contributed by atoms with Gasteiger partial charge in [0.15, 0.2) is 0 Å². The summed E-state index contributed by atoms with van der Waals surface area (Å²) in [6.07, 6.45) is 1.62. The zero-order valence-corrected chi connectivity index (χ0v) is 16.5. The maximum absolute atomic E-state index is 13.0. The van der Waals surface area contributed by atoms with E-state index in [-0.39, 0.29) is 6.10 Å². The van der Waals surface area contributed by atoms with Crippen LogP contribution in [0.5, 0.6) is 0 Å². The first kappa shape index (κ1) is 19.1. The first-order valence-electron chi connectivity index (χ1n) is 9.08. The van der Waals surface area contributed by atoms with Gasteiger partial charge in [-0.15, -0.1) is 0 Å². The molecule has 140 valence electrons. The van der Waals surface area contributed by atoms with Gasteiger partial charge in [0, 0.05) is 20.2 Å². The topological polar surface area (TPSA) is 46.6 Å². The predicted molar refractivity (Wildman–Crippen MR) is 104 cm³/mol. The number of benzene rings is 2. The second-order valence-corrected chi connectivity index (χ2v) is 8.98. The highest BCUT2D eigenvalue weighted by Gasteiger charge is 2.33. The Morgan fingerprint density at radius 1 is 1.04 bits per heavy atom. The predicted octanol–water partition coefficient (Wildman–Crippen LogP) is 4.09. The lowest BCUT2D eigenvalue weighted by molar-refractivity contribution is 0.0303. The molecule has 1 heterocycles. The normalized spacial score (nSPS) is 18.0. The van der Waals surface area contributed by atoms with E-state index in [1.54, 1.807) is 17.5 Å². The Labute approximate surface area is 156 Å². The van der Waals surface area contributed by atoms with Crippen LogP contribution in [0.4, 0.5) is 0 Å². The van der Waals surface area contributed by atoms with Crippen molar-refractivity contribution in [2.24, 2.45) is 5.92 Å². The average Bonchev–Trinajstić information content (AvgIpc) is 2.63. The standard InChI is InChI=1S/C21H27NO3S/c1-16-9-10-20(17(2)15-16)26(23,24)22-13-11-19(12-14-22)21(25-3)18-7-5-4-6-8-18/h4-10,15,19,21H,11-14H2,1-3H3. The summed E-state index contributed by atoms with van der Waals surface area (Å²) in [6, 6.07) is 15.7. The van der Waals surface area contributed by atoms with Gasteiger partial charge in [0.1, 0.15) is 0 Å². The van der Waals surface area contributed by atoms with E-state index in [1.165, 1.54) is 0 Å². The summed E-state index contributed by atoms with van der Waals surface area (Å²) in [7, 11) is -1.70. The molecule has 0 radical (unpaired) electrons. The minimum atomic E-state index is -3.44. The zero-order valence-electron chi connectivity index (χ0n) is 15.7. The van der Waals surface area contributed by atoms with Crippen LogP contribution in [0.3, 0.4) is 0 Å². The first-order chi connectivity index (χ1) is 12.4. The van der Waals surface area contributed by atoms with E-state index < -0.39 is 10.0 Å². The summed E-state index contributed by atoms with van der Waals surface area (Å²) in [6.45, 7) is 4.91. The number of methoxy groups -OCH3 is 1. The molecule has 0 aliphatic carbocycles. The number of rotatable bonds is 5. The number of nitrogens with zero attached hydrogens (tertiary/aromatic N) is 1. The number of ether oxygens (including phenoxy) is 1. The van der Waals surface area contributed by atoms with Gasteiger partial charge in [-0.1, -0.05) is 48.0 Å². The molecule has 0 bridgehead atoms. The molecule has 2 aromatic carbocycles. The Morgan fingerprint density at radius 3 is 2.27 bits per heavy atom. The van der Waals surface area contributed by atoms with E-state index in [4.69, 9.17) is 4.74 Å². The van der Waals surface area contributed by atoms with Gasteiger partial charge in [0.05, 0.1) is 11.0 Å². The lowest BCUT2D eigenvalue weighted by Crippen LogP contribution is -2.40.